The van der Waals surface area contributed by atoms with Crippen molar-refractivity contribution in [1.29, 1.82) is 0 Å². The van der Waals surface area contributed by atoms with Gasteiger partial charge in [0.15, 0.2) is 0 Å². The highest BCUT2D eigenvalue weighted by atomic mass is 32.2. The van der Waals surface area contributed by atoms with Crippen molar-refractivity contribution in [2.45, 2.75) is 44.1 Å². The quantitative estimate of drug-likeness (QED) is 0.357. The van der Waals surface area contributed by atoms with Crippen molar-refractivity contribution in [2.24, 2.45) is 0 Å². The van der Waals surface area contributed by atoms with Crippen molar-refractivity contribution in [3.8, 4) is 0 Å². The summed E-state index contributed by atoms with van der Waals surface area (Å²) >= 11 is 0. The van der Waals surface area contributed by atoms with E-state index in [1.165, 1.54) is 17.7 Å². The topological polar surface area (TPSA) is 75.7 Å². The molecule has 26 heavy (non-hydrogen) atoms. The van der Waals surface area contributed by atoms with E-state index in [1.54, 1.807) is 12.1 Å². The zero-order valence-corrected chi connectivity index (χ0v) is 16.0. The van der Waals surface area contributed by atoms with Gasteiger partial charge in [0, 0.05) is 0 Å². The van der Waals surface area contributed by atoms with Crippen molar-refractivity contribution >= 4 is 10.1 Å². The zero-order valence-electron chi connectivity index (χ0n) is 15.2. The Morgan fingerprint density at radius 3 is 2.15 bits per heavy atom. The van der Waals surface area contributed by atoms with Gasteiger partial charge in [-0.05, 0) is 47.6 Å². The van der Waals surface area contributed by atoms with Crippen molar-refractivity contribution in [3.05, 3.63) is 65.2 Å². The van der Waals surface area contributed by atoms with Gasteiger partial charge < -0.3 is 14.0 Å². The van der Waals surface area contributed by atoms with Crippen LogP contribution in [0.1, 0.15) is 42.9 Å². The third kappa shape index (κ3) is 6.53. The summed E-state index contributed by atoms with van der Waals surface area (Å²) in [7, 11) is -4.39. The first-order valence-corrected chi connectivity index (χ1v) is 10.1. The van der Waals surface area contributed by atoms with Gasteiger partial charge in [0.1, 0.15) is 16.9 Å². The first-order valence-electron chi connectivity index (χ1n) is 8.69. The molecule has 2 aromatic carbocycles. The molecule has 142 valence electrons. The zero-order chi connectivity index (χ0) is 19.0. The smallest absolute Gasteiger partial charge is 0.147 e. The maximum atomic E-state index is 10.9. The van der Waals surface area contributed by atoms with Crippen LogP contribution in [0.4, 0.5) is 0 Å². The summed E-state index contributed by atoms with van der Waals surface area (Å²) in [5.74, 6) is 0.566. The Kier molecular flexibility index (Phi) is 7.78. The third-order valence-corrected chi connectivity index (χ3v) is 5.19. The van der Waals surface area contributed by atoms with Crippen molar-refractivity contribution in [3.63, 3.8) is 0 Å². The van der Waals surface area contributed by atoms with Crippen LogP contribution in [0, 0.1) is 0 Å². The van der Waals surface area contributed by atoms with E-state index in [0.29, 0.717) is 25.6 Å². The van der Waals surface area contributed by atoms with Gasteiger partial charge in [-0.1, -0.05) is 50.2 Å². The summed E-state index contributed by atoms with van der Waals surface area (Å²) in [6, 6.07) is 14.3. The van der Waals surface area contributed by atoms with Crippen LogP contribution in [0.2, 0.25) is 0 Å². The molecule has 0 aliphatic carbocycles. The van der Waals surface area contributed by atoms with Gasteiger partial charge in [-0.15, -0.1) is 0 Å². The molecule has 0 aliphatic rings. The SMILES string of the molecule is CCC(C)c1ccc(COCOCCc2ccc(S(=O)(=O)[O-])cc2)cc1. The molecule has 6 heteroatoms. The fourth-order valence-corrected chi connectivity index (χ4v) is 2.94. The van der Waals surface area contributed by atoms with E-state index in [9.17, 15) is 13.0 Å². The second kappa shape index (κ2) is 9.83. The van der Waals surface area contributed by atoms with Crippen LogP contribution >= 0.6 is 0 Å². The Bertz CT molecular complexity index is 767. The lowest BCUT2D eigenvalue weighted by atomic mass is 9.98. The van der Waals surface area contributed by atoms with Crippen molar-refractivity contribution in [1.82, 2.24) is 0 Å². The van der Waals surface area contributed by atoms with Crippen molar-refractivity contribution < 1.29 is 22.4 Å². The minimum atomic E-state index is -4.39. The molecule has 5 nitrogen and oxygen atoms in total. The predicted molar refractivity (Wildman–Crippen MR) is 98.9 cm³/mol. The molecule has 0 saturated heterocycles. The number of benzene rings is 2. The summed E-state index contributed by atoms with van der Waals surface area (Å²) in [5, 5.41) is 0. The number of hydrogen-bond acceptors (Lipinski definition) is 5. The van der Waals surface area contributed by atoms with Gasteiger partial charge in [-0.2, -0.15) is 0 Å². The summed E-state index contributed by atoms with van der Waals surface area (Å²) in [4.78, 5) is -0.218. The van der Waals surface area contributed by atoms with E-state index >= 15 is 0 Å². The second-order valence-electron chi connectivity index (χ2n) is 6.27. The molecule has 0 bridgehead atoms. The van der Waals surface area contributed by atoms with Gasteiger partial charge in [0.25, 0.3) is 0 Å². The van der Waals surface area contributed by atoms with Gasteiger partial charge in [-0.25, -0.2) is 8.42 Å². The molecule has 0 radical (unpaired) electrons. The molecule has 2 aromatic rings. The molecule has 0 N–H and O–H groups in total. The minimum absolute atomic E-state index is 0.195. The van der Waals surface area contributed by atoms with E-state index in [4.69, 9.17) is 9.47 Å². The fourth-order valence-electron chi connectivity index (χ4n) is 2.47. The van der Waals surface area contributed by atoms with Crippen LogP contribution in [0.3, 0.4) is 0 Å². The van der Waals surface area contributed by atoms with E-state index in [-0.39, 0.29) is 11.7 Å². The number of ether oxygens (including phenoxy) is 2. The number of hydrogen-bond donors (Lipinski definition) is 0. The van der Waals surface area contributed by atoms with E-state index in [0.717, 1.165) is 17.5 Å². The summed E-state index contributed by atoms with van der Waals surface area (Å²) in [6.07, 6.45) is 1.74. The molecule has 2 rings (SSSR count). The average Bonchev–Trinajstić information content (AvgIpc) is 2.64. The maximum absolute atomic E-state index is 10.9. The normalized spacial score (nSPS) is 12.9. The van der Waals surface area contributed by atoms with Gasteiger partial charge in [-0.3, -0.25) is 0 Å². The monoisotopic (exact) mass is 377 g/mol. The molecule has 0 heterocycles. The molecular formula is C20H25O5S-. The highest BCUT2D eigenvalue weighted by Gasteiger charge is 2.03. The molecular weight excluding hydrogens is 352 g/mol. The van der Waals surface area contributed by atoms with Gasteiger partial charge in [0.2, 0.25) is 0 Å². The maximum Gasteiger partial charge on any atom is 0.147 e. The summed E-state index contributed by atoms with van der Waals surface area (Å²) < 4.78 is 43.5. The standard InChI is InChI=1S/C20H26O5S/c1-3-16(2)19-8-4-18(5-9-19)14-25-15-24-13-12-17-6-10-20(11-7-17)26(21,22)23/h4-11,16H,3,12-15H2,1-2H3,(H,21,22,23)/p-1. The van der Waals surface area contributed by atoms with E-state index in [2.05, 4.69) is 38.1 Å². The molecule has 1 unspecified atom stereocenters. The van der Waals surface area contributed by atoms with Crippen LogP contribution in [0.25, 0.3) is 0 Å². The highest BCUT2D eigenvalue weighted by molar-refractivity contribution is 7.85. The molecule has 0 spiro atoms. The van der Waals surface area contributed by atoms with Gasteiger partial charge in [0.05, 0.1) is 18.1 Å². The van der Waals surface area contributed by atoms with Crippen molar-refractivity contribution in [2.75, 3.05) is 13.4 Å². The summed E-state index contributed by atoms with van der Waals surface area (Å²) in [5.41, 5.74) is 3.34. The lowest BCUT2D eigenvalue weighted by Crippen LogP contribution is -2.04. The van der Waals surface area contributed by atoms with Crippen LogP contribution in [-0.2, 0) is 32.6 Å². The van der Waals surface area contributed by atoms with Crippen LogP contribution in [0.5, 0.6) is 0 Å². The molecule has 0 aliphatic heterocycles. The predicted octanol–water partition coefficient (Wildman–Crippen LogP) is 3.84. The second-order valence-corrected chi connectivity index (χ2v) is 7.65. The Balaban J connectivity index is 1.65. The third-order valence-electron chi connectivity index (χ3n) is 4.34. The Labute approximate surface area is 155 Å². The van der Waals surface area contributed by atoms with Gasteiger partial charge >= 0.3 is 0 Å². The molecule has 1 atom stereocenters. The van der Waals surface area contributed by atoms with E-state index < -0.39 is 10.1 Å². The largest absolute Gasteiger partial charge is 0.744 e. The van der Waals surface area contributed by atoms with Crippen LogP contribution < -0.4 is 0 Å². The first-order chi connectivity index (χ1) is 12.4. The lowest BCUT2D eigenvalue weighted by molar-refractivity contribution is -0.0604. The van der Waals surface area contributed by atoms with Crippen LogP contribution in [-0.4, -0.2) is 26.4 Å². The molecule has 0 fully saturated rings. The minimum Gasteiger partial charge on any atom is -0.744 e. The Morgan fingerprint density at radius 1 is 0.962 bits per heavy atom. The molecule has 0 aromatic heterocycles. The highest BCUT2D eigenvalue weighted by Crippen LogP contribution is 2.19. The number of rotatable bonds is 10. The fraction of sp³-hybridized carbons (Fsp3) is 0.400. The summed E-state index contributed by atoms with van der Waals surface area (Å²) in [6.45, 7) is 5.54. The first kappa shape index (κ1) is 20.6. The average molecular weight is 377 g/mol. The van der Waals surface area contributed by atoms with E-state index in [1.807, 2.05) is 0 Å². The molecule has 0 amide bonds. The Morgan fingerprint density at radius 2 is 1.58 bits per heavy atom. The Hall–Kier alpha value is -1.73. The molecule has 0 saturated carbocycles. The van der Waals surface area contributed by atoms with Crippen LogP contribution in [0.15, 0.2) is 53.4 Å². The lowest BCUT2D eigenvalue weighted by Gasteiger charge is -2.10.